The highest BCUT2D eigenvalue weighted by Gasteiger charge is 2.20. The molecule has 9 heteroatoms. The zero-order valence-electron chi connectivity index (χ0n) is 16.9. The first kappa shape index (κ1) is 20.8. The van der Waals surface area contributed by atoms with Crippen LogP contribution >= 0.6 is 0 Å². The van der Waals surface area contributed by atoms with Gasteiger partial charge in [-0.15, -0.1) is 0 Å². The van der Waals surface area contributed by atoms with E-state index in [1.165, 1.54) is 23.9 Å². The molecule has 0 radical (unpaired) electrons. The lowest BCUT2D eigenvalue weighted by molar-refractivity contribution is -0.384. The van der Waals surface area contributed by atoms with Crippen molar-refractivity contribution in [2.75, 3.05) is 20.8 Å². The van der Waals surface area contributed by atoms with Crippen LogP contribution in [0.25, 0.3) is 16.9 Å². The van der Waals surface area contributed by atoms with Crippen molar-refractivity contribution in [3.05, 3.63) is 64.3 Å². The van der Waals surface area contributed by atoms with Gasteiger partial charge in [0.1, 0.15) is 17.2 Å². The number of hydrogen-bond donors (Lipinski definition) is 1. The second-order valence-corrected chi connectivity index (χ2v) is 6.43. The van der Waals surface area contributed by atoms with Crippen LogP contribution in [0.15, 0.2) is 48.5 Å². The topological polar surface area (TPSA) is 109 Å². The number of nitrogens with one attached hydrogen (secondary N) is 1. The fourth-order valence-electron chi connectivity index (χ4n) is 2.95. The lowest BCUT2D eigenvalue weighted by Crippen LogP contribution is -2.26. The molecule has 156 valence electrons. The number of aromatic nitrogens is 2. The van der Waals surface area contributed by atoms with Crippen molar-refractivity contribution >= 4 is 11.6 Å². The van der Waals surface area contributed by atoms with E-state index in [9.17, 15) is 14.9 Å². The molecule has 0 aliphatic heterocycles. The molecule has 0 spiro atoms. The second-order valence-electron chi connectivity index (χ2n) is 6.43. The van der Waals surface area contributed by atoms with Crippen LogP contribution in [0.5, 0.6) is 11.5 Å². The summed E-state index contributed by atoms with van der Waals surface area (Å²) in [4.78, 5) is 23.5. The number of nitrogens with zero attached hydrogens (tertiary/aromatic N) is 3. The van der Waals surface area contributed by atoms with Crippen LogP contribution < -0.4 is 14.8 Å². The Morgan fingerprint density at radius 1 is 1.17 bits per heavy atom. The van der Waals surface area contributed by atoms with Crippen LogP contribution in [0.1, 0.15) is 23.8 Å². The molecule has 30 heavy (non-hydrogen) atoms. The minimum absolute atomic E-state index is 0.0912. The normalized spacial score (nSPS) is 10.5. The molecule has 1 aromatic heterocycles. The molecule has 3 rings (SSSR count). The molecule has 0 atom stereocenters. The van der Waals surface area contributed by atoms with Crippen molar-refractivity contribution in [1.29, 1.82) is 0 Å². The van der Waals surface area contributed by atoms with Crippen molar-refractivity contribution < 1.29 is 19.2 Å². The Balaban J connectivity index is 2.15. The SMILES string of the molecule is CCCNC(=O)c1cc(-c2ccc(OC)cc2OC)nn1-c1cccc([N+](=O)[O-])c1. The monoisotopic (exact) mass is 410 g/mol. The summed E-state index contributed by atoms with van der Waals surface area (Å²) in [5, 5.41) is 18.6. The third-order valence-electron chi connectivity index (χ3n) is 4.45. The number of nitro groups is 1. The molecular formula is C21H22N4O5. The summed E-state index contributed by atoms with van der Waals surface area (Å²) in [7, 11) is 3.09. The first-order chi connectivity index (χ1) is 14.5. The van der Waals surface area contributed by atoms with E-state index >= 15 is 0 Å². The molecule has 3 aromatic rings. The molecule has 0 bridgehead atoms. The minimum Gasteiger partial charge on any atom is -0.497 e. The van der Waals surface area contributed by atoms with Gasteiger partial charge >= 0.3 is 0 Å². The van der Waals surface area contributed by atoms with Crippen LogP contribution in [0, 0.1) is 10.1 Å². The summed E-state index contributed by atoms with van der Waals surface area (Å²) in [6.07, 6.45) is 0.774. The van der Waals surface area contributed by atoms with Gasteiger partial charge in [0.2, 0.25) is 0 Å². The van der Waals surface area contributed by atoms with E-state index < -0.39 is 4.92 Å². The maximum absolute atomic E-state index is 12.8. The van der Waals surface area contributed by atoms with Gasteiger partial charge in [-0.2, -0.15) is 5.10 Å². The standard InChI is InChI=1S/C21H22N4O5/c1-4-10-22-21(26)19-13-18(17-9-8-16(29-2)12-20(17)30-3)23-24(19)14-6-5-7-15(11-14)25(27)28/h5-9,11-13H,4,10H2,1-3H3,(H,22,26). The minimum atomic E-state index is -0.489. The Labute approximate surface area is 173 Å². The summed E-state index contributed by atoms with van der Waals surface area (Å²) in [5.74, 6) is 0.822. The first-order valence-electron chi connectivity index (χ1n) is 9.34. The summed E-state index contributed by atoms with van der Waals surface area (Å²) in [5.41, 5.74) is 1.72. The molecule has 2 aromatic carbocycles. The number of methoxy groups -OCH3 is 2. The fourth-order valence-corrected chi connectivity index (χ4v) is 2.95. The van der Waals surface area contributed by atoms with Gasteiger partial charge in [0.25, 0.3) is 11.6 Å². The number of rotatable bonds is 8. The first-order valence-corrected chi connectivity index (χ1v) is 9.34. The number of non-ortho nitro benzene ring substituents is 1. The molecule has 0 unspecified atom stereocenters. The van der Waals surface area contributed by atoms with Crippen LogP contribution in [0.4, 0.5) is 5.69 Å². The molecule has 0 saturated heterocycles. The predicted octanol–water partition coefficient (Wildman–Crippen LogP) is 3.60. The third-order valence-corrected chi connectivity index (χ3v) is 4.45. The van der Waals surface area contributed by atoms with E-state index in [0.717, 1.165) is 6.42 Å². The Bertz CT molecular complexity index is 1080. The molecule has 1 amide bonds. The van der Waals surface area contributed by atoms with Crippen LogP contribution in [-0.4, -0.2) is 41.4 Å². The van der Waals surface area contributed by atoms with E-state index in [1.54, 1.807) is 43.5 Å². The highest BCUT2D eigenvalue weighted by Crippen LogP contribution is 2.33. The maximum atomic E-state index is 12.8. The lowest BCUT2D eigenvalue weighted by Gasteiger charge is -2.08. The second kappa shape index (κ2) is 9.08. The summed E-state index contributed by atoms with van der Waals surface area (Å²) >= 11 is 0. The van der Waals surface area contributed by atoms with Crippen molar-refractivity contribution in [3.63, 3.8) is 0 Å². The highest BCUT2D eigenvalue weighted by atomic mass is 16.6. The van der Waals surface area contributed by atoms with Gasteiger partial charge in [0.15, 0.2) is 0 Å². The van der Waals surface area contributed by atoms with Gasteiger partial charge in [-0.25, -0.2) is 4.68 Å². The predicted molar refractivity (Wildman–Crippen MR) is 111 cm³/mol. The van der Waals surface area contributed by atoms with E-state index in [2.05, 4.69) is 10.4 Å². The number of amides is 1. The number of hydrogen-bond acceptors (Lipinski definition) is 6. The van der Waals surface area contributed by atoms with Gasteiger partial charge in [0, 0.05) is 30.3 Å². The summed E-state index contributed by atoms with van der Waals surface area (Å²) in [6.45, 7) is 2.45. The van der Waals surface area contributed by atoms with Gasteiger partial charge in [-0.3, -0.25) is 14.9 Å². The van der Waals surface area contributed by atoms with Crippen molar-refractivity contribution in [2.45, 2.75) is 13.3 Å². The number of ether oxygens (including phenoxy) is 2. The Morgan fingerprint density at radius 3 is 2.63 bits per heavy atom. The number of carbonyl (C=O) groups is 1. The number of carbonyl (C=O) groups excluding carboxylic acids is 1. The quantitative estimate of drug-likeness (QED) is 0.449. The van der Waals surface area contributed by atoms with Crippen molar-refractivity contribution in [2.24, 2.45) is 0 Å². The molecule has 1 heterocycles. The number of nitro benzene ring substituents is 1. The molecule has 0 aliphatic carbocycles. The van der Waals surface area contributed by atoms with Gasteiger partial charge < -0.3 is 14.8 Å². The number of benzene rings is 2. The van der Waals surface area contributed by atoms with E-state index in [4.69, 9.17) is 9.47 Å². The zero-order valence-corrected chi connectivity index (χ0v) is 16.9. The average molecular weight is 410 g/mol. The molecule has 0 saturated carbocycles. The zero-order chi connectivity index (χ0) is 21.7. The van der Waals surface area contributed by atoms with Crippen LogP contribution in [-0.2, 0) is 0 Å². The third kappa shape index (κ3) is 4.24. The summed E-state index contributed by atoms with van der Waals surface area (Å²) in [6, 6.07) is 12.9. The Hall–Kier alpha value is -3.88. The van der Waals surface area contributed by atoms with Gasteiger partial charge in [0.05, 0.1) is 30.5 Å². The fraction of sp³-hybridized carbons (Fsp3) is 0.238. The Morgan fingerprint density at radius 2 is 1.97 bits per heavy atom. The van der Waals surface area contributed by atoms with E-state index in [-0.39, 0.29) is 17.3 Å². The van der Waals surface area contributed by atoms with Crippen molar-refractivity contribution in [1.82, 2.24) is 15.1 Å². The molecule has 9 nitrogen and oxygen atoms in total. The Kier molecular flexibility index (Phi) is 6.31. The summed E-state index contributed by atoms with van der Waals surface area (Å²) < 4.78 is 12.1. The highest BCUT2D eigenvalue weighted by molar-refractivity contribution is 5.94. The maximum Gasteiger partial charge on any atom is 0.271 e. The molecule has 0 fully saturated rings. The van der Waals surface area contributed by atoms with Gasteiger partial charge in [-0.05, 0) is 30.7 Å². The van der Waals surface area contributed by atoms with E-state index in [1.807, 2.05) is 6.92 Å². The average Bonchev–Trinajstić information content (AvgIpc) is 3.22. The van der Waals surface area contributed by atoms with Crippen LogP contribution in [0.3, 0.4) is 0 Å². The van der Waals surface area contributed by atoms with Gasteiger partial charge in [-0.1, -0.05) is 13.0 Å². The molecular weight excluding hydrogens is 388 g/mol. The molecule has 1 N–H and O–H groups in total. The van der Waals surface area contributed by atoms with Crippen molar-refractivity contribution in [3.8, 4) is 28.4 Å². The van der Waals surface area contributed by atoms with Crippen LogP contribution in [0.2, 0.25) is 0 Å². The lowest BCUT2D eigenvalue weighted by atomic mass is 10.1. The van der Waals surface area contributed by atoms with E-state index in [0.29, 0.717) is 35.0 Å². The molecule has 0 aliphatic rings. The largest absolute Gasteiger partial charge is 0.497 e. The smallest absolute Gasteiger partial charge is 0.271 e.